The van der Waals surface area contributed by atoms with E-state index in [9.17, 15) is 14.1 Å². The van der Waals surface area contributed by atoms with Crippen LogP contribution in [0.1, 0.15) is 20.7 Å². The monoisotopic (exact) mass is 193 g/mol. The lowest BCUT2D eigenvalue weighted by Crippen LogP contribution is -2.12. The van der Waals surface area contributed by atoms with Crippen molar-refractivity contribution in [3.8, 4) is 0 Å². The molecule has 0 saturated carbocycles. The van der Waals surface area contributed by atoms with Crippen LogP contribution in [0, 0.1) is 0 Å². The number of nitrogens with zero attached hydrogens (tertiary/aromatic N) is 2. The van der Waals surface area contributed by atoms with Crippen LogP contribution in [0.2, 0.25) is 0 Å². The smallest absolute Gasteiger partial charge is 0.265 e. The van der Waals surface area contributed by atoms with E-state index in [0.717, 1.165) is 0 Å². The van der Waals surface area contributed by atoms with Gasteiger partial charge in [0.1, 0.15) is 0 Å². The van der Waals surface area contributed by atoms with Gasteiger partial charge in [-0.2, -0.15) is 0 Å². The van der Waals surface area contributed by atoms with E-state index in [0.29, 0.717) is 0 Å². The number of benzene rings is 1. The topological polar surface area (TPSA) is 70.9 Å². The predicted molar refractivity (Wildman–Crippen MR) is 44.7 cm³/mol. The van der Waals surface area contributed by atoms with Crippen molar-refractivity contribution < 1.29 is 14.1 Å². The zero-order valence-electron chi connectivity index (χ0n) is 6.82. The molecule has 0 saturated heterocycles. The minimum Gasteiger partial charge on any atom is -0.265 e. The Labute approximate surface area is 77.6 Å². The number of hydrogen-bond donors (Lipinski definition) is 1. The summed E-state index contributed by atoms with van der Waals surface area (Å²) in [7, 11) is 0. The number of fused-ring (bicyclic) bond motifs is 1. The summed E-state index contributed by atoms with van der Waals surface area (Å²) in [6.07, 6.45) is 0. The first kappa shape index (κ1) is 8.49. The maximum absolute atomic E-state index is 12.2. The maximum atomic E-state index is 12.2. The van der Waals surface area contributed by atoms with E-state index in [1.807, 2.05) is 0 Å². The standard InChI is InChI=1S/C8H4FN3O2/c9-10-5-3-1-2-4-6(5)8(14)12-11-7(4)13/h1-3,10H. The number of carbonyl (C=O) groups excluding carboxylic acids is 2. The van der Waals surface area contributed by atoms with Gasteiger partial charge in [0.15, 0.2) is 0 Å². The van der Waals surface area contributed by atoms with Gasteiger partial charge in [0.2, 0.25) is 0 Å². The van der Waals surface area contributed by atoms with E-state index < -0.39 is 11.8 Å². The number of rotatable bonds is 1. The molecular weight excluding hydrogens is 189 g/mol. The van der Waals surface area contributed by atoms with Gasteiger partial charge < -0.3 is 0 Å². The maximum Gasteiger partial charge on any atom is 0.298 e. The molecule has 1 N–H and O–H groups in total. The zero-order chi connectivity index (χ0) is 10.1. The third-order valence-corrected chi connectivity index (χ3v) is 1.84. The van der Waals surface area contributed by atoms with Gasteiger partial charge in [0.05, 0.1) is 16.8 Å². The molecule has 0 bridgehead atoms. The molecule has 1 aliphatic heterocycles. The normalized spacial score (nSPS) is 14.1. The number of anilines is 1. The number of halogens is 1. The van der Waals surface area contributed by atoms with Crippen LogP contribution in [0.4, 0.5) is 10.2 Å². The second kappa shape index (κ2) is 2.99. The highest BCUT2D eigenvalue weighted by atomic mass is 19.2. The molecule has 2 amide bonds. The van der Waals surface area contributed by atoms with Gasteiger partial charge in [-0.1, -0.05) is 6.07 Å². The summed E-state index contributed by atoms with van der Waals surface area (Å²) in [5.41, 5.74) is 1.25. The fourth-order valence-corrected chi connectivity index (χ4v) is 1.23. The van der Waals surface area contributed by atoms with Crippen LogP contribution in [0.25, 0.3) is 0 Å². The lowest BCUT2D eigenvalue weighted by molar-refractivity contribution is 0.0921. The second-order valence-electron chi connectivity index (χ2n) is 2.63. The molecule has 5 nitrogen and oxygen atoms in total. The molecule has 0 fully saturated rings. The van der Waals surface area contributed by atoms with Crippen molar-refractivity contribution in [1.82, 2.24) is 0 Å². The average molecular weight is 193 g/mol. The summed E-state index contributed by atoms with van der Waals surface area (Å²) < 4.78 is 12.2. The first-order valence-electron chi connectivity index (χ1n) is 3.74. The van der Waals surface area contributed by atoms with Crippen molar-refractivity contribution in [3.63, 3.8) is 0 Å². The summed E-state index contributed by atoms with van der Waals surface area (Å²) in [5, 5.41) is 6.20. The van der Waals surface area contributed by atoms with Gasteiger partial charge in [-0.25, -0.2) is 5.54 Å². The number of nitrogens with one attached hydrogen (secondary N) is 1. The Morgan fingerprint density at radius 2 is 1.86 bits per heavy atom. The Morgan fingerprint density at radius 3 is 2.57 bits per heavy atom. The molecule has 1 aliphatic rings. The molecular formula is C8H4FN3O2. The van der Waals surface area contributed by atoms with Gasteiger partial charge in [-0.3, -0.25) is 9.59 Å². The minimum absolute atomic E-state index is 0.0626. The molecule has 0 radical (unpaired) electrons. The Balaban J connectivity index is 2.71. The number of carbonyl (C=O) groups is 2. The van der Waals surface area contributed by atoms with Crippen LogP contribution in [0.3, 0.4) is 0 Å². The number of azo groups is 1. The summed E-state index contributed by atoms with van der Waals surface area (Å²) in [4.78, 5) is 22.3. The van der Waals surface area contributed by atoms with Crippen LogP contribution >= 0.6 is 0 Å². The van der Waals surface area contributed by atoms with E-state index in [4.69, 9.17) is 0 Å². The molecule has 1 heterocycles. The third kappa shape index (κ3) is 1.08. The van der Waals surface area contributed by atoms with Crippen LogP contribution in [-0.4, -0.2) is 11.8 Å². The van der Waals surface area contributed by atoms with E-state index in [1.165, 1.54) is 23.7 Å². The SMILES string of the molecule is O=C1N=NC(=O)c2c(NF)cccc21. The molecule has 2 rings (SSSR count). The van der Waals surface area contributed by atoms with Crippen LogP contribution in [0.5, 0.6) is 0 Å². The number of amides is 2. The van der Waals surface area contributed by atoms with E-state index in [2.05, 4.69) is 10.2 Å². The van der Waals surface area contributed by atoms with Crippen molar-refractivity contribution >= 4 is 17.5 Å². The average Bonchev–Trinajstić information content (AvgIpc) is 2.23. The fourth-order valence-electron chi connectivity index (χ4n) is 1.23. The fraction of sp³-hybridized carbons (Fsp3) is 0. The Kier molecular flexibility index (Phi) is 1.81. The van der Waals surface area contributed by atoms with Gasteiger partial charge in [-0.15, -0.1) is 14.7 Å². The Morgan fingerprint density at radius 1 is 1.14 bits per heavy atom. The molecule has 0 spiro atoms. The van der Waals surface area contributed by atoms with Crippen molar-refractivity contribution in [1.29, 1.82) is 0 Å². The summed E-state index contributed by atoms with van der Waals surface area (Å²) in [5.74, 6) is -1.36. The van der Waals surface area contributed by atoms with Crippen LogP contribution < -0.4 is 5.54 Å². The lowest BCUT2D eigenvalue weighted by Gasteiger charge is -2.09. The minimum atomic E-state index is -0.722. The van der Waals surface area contributed by atoms with E-state index in [1.54, 1.807) is 0 Å². The quantitative estimate of drug-likeness (QED) is 0.690. The highest BCUT2D eigenvalue weighted by Crippen LogP contribution is 2.25. The van der Waals surface area contributed by atoms with Gasteiger partial charge >= 0.3 is 0 Å². The lowest BCUT2D eigenvalue weighted by atomic mass is 10.0. The molecule has 0 atom stereocenters. The second-order valence-corrected chi connectivity index (χ2v) is 2.63. The molecule has 0 aromatic heterocycles. The molecule has 6 heteroatoms. The highest BCUT2D eigenvalue weighted by Gasteiger charge is 2.24. The van der Waals surface area contributed by atoms with Gasteiger partial charge in [-0.05, 0) is 12.1 Å². The zero-order valence-corrected chi connectivity index (χ0v) is 6.82. The summed E-state index contributed by atoms with van der Waals surface area (Å²) in [6.45, 7) is 0. The molecule has 0 unspecified atom stereocenters. The van der Waals surface area contributed by atoms with E-state index in [-0.39, 0.29) is 16.8 Å². The largest absolute Gasteiger partial charge is 0.298 e. The Bertz CT molecular complexity index is 456. The predicted octanol–water partition coefficient (Wildman–Crippen LogP) is 1.73. The van der Waals surface area contributed by atoms with Crippen molar-refractivity contribution in [2.45, 2.75) is 0 Å². The van der Waals surface area contributed by atoms with Crippen LogP contribution in [-0.2, 0) is 0 Å². The van der Waals surface area contributed by atoms with Crippen LogP contribution in [0.15, 0.2) is 28.4 Å². The first-order valence-corrected chi connectivity index (χ1v) is 3.74. The molecule has 70 valence electrons. The molecule has 1 aromatic carbocycles. The van der Waals surface area contributed by atoms with Crippen molar-refractivity contribution in [3.05, 3.63) is 29.3 Å². The first-order chi connectivity index (χ1) is 6.74. The Hall–Kier alpha value is -2.11. The highest BCUT2D eigenvalue weighted by molar-refractivity contribution is 6.13. The summed E-state index contributed by atoms with van der Waals surface area (Å²) >= 11 is 0. The molecule has 1 aromatic rings. The van der Waals surface area contributed by atoms with E-state index >= 15 is 0 Å². The van der Waals surface area contributed by atoms with Gasteiger partial charge in [0.25, 0.3) is 11.8 Å². The van der Waals surface area contributed by atoms with Crippen molar-refractivity contribution in [2.24, 2.45) is 10.2 Å². The van der Waals surface area contributed by atoms with Crippen molar-refractivity contribution in [2.75, 3.05) is 5.54 Å². The van der Waals surface area contributed by atoms with Gasteiger partial charge in [0, 0.05) is 0 Å². The third-order valence-electron chi connectivity index (χ3n) is 1.84. The molecule has 14 heavy (non-hydrogen) atoms. The number of hydrogen-bond acceptors (Lipinski definition) is 3. The molecule has 0 aliphatic carbocycles. The summed E-state index contributed by atoms with van der Waals surface area (Å²) in [6, 6.07) is 4.19.